The van der Waals surface area contributed by atoms with Gasteiger partial charge in [0, 0.05) is 0 Å². The standard InChI is InChI=1S/C3H2F2O/c1-2-6-3(4)5/h1,3H. The molecule has 0 atom stereocenters. The lowest BCUT2D eigenvalue weighted by molar-refractivity contribution is -0.0718. The maximum absolute atomic E-state index is 10.7. The van der Waals surface area contributed by atoms with E-state index in [0.717, 1.165) is 0 Å². The van der Waals surface area contributed by atoms with Gasteiger partial charge in [0.15, 0.2) is 0 Å². The summed E-state index contributed by atoms with van der Waals surface area (Å²) < 4.78 is 24.6. The fraction of sp³-hybridized carbons (Fsp3) is 0.333. The lowest BCUT2D eigenvalue weighted by Gasteiger charge is -1.86. The van der Waals surface area contributed by atoms with E-state index in [9.17, 15) is 8.78 Å². The maximum Gasteiger partial charge on any atom is 0.395 e. The smallest absolute Gasteiger partial charge is 0.382 e. The molecule has 0 amide bonds. The summed E-state index contributed by atoms with van der Waals surface area (Å²) >= 11 is 0. The third-order valence-electron chi connectivity index (χ3n) is 0.157. The molecule has 0 N–H and O–H groups in total. The zero-order valence-corrected chi connectivity index (χ0v) is 2.82. The van der Waals surface area contributed by atoms with Gasteiger partial charge < -0.3 is 4.74 Å². The van der Waals surface area contributed by atoms with E-state index in [-0.39, 0.29) is 0 Å². The van der Waals surface area contributed by atoms with Gasteiger partial charge in [-0.3, -0.25) is 0 Å². The van der Waals surface area contributed by atoms with Crippen LogP contribution in [0.25, 0.3) is 0 Å². The van der Waals surface area contributed by atoms with Crippen molar-refractivity contribution in [1.29, 1.82) is 0 Å². The van der Waals surface area contributed by atoms with Crippen molar-refractivity contribution in [2.24, 2.45) is 0 Å². The van der Waals surface area contributed by atoms with E-state index in [2.05, 4.69) is 11.2 Å². The summed E-state index contributed by atoms with van der Waals surface area (Å²) in [4.78, 5) is 0. The highest BCUT2D eigenvalue weighted by molar-refractivity contribution is 4.67. The number of hydrogen-bond donors (Lipinski definition) is 0. The first-order valence-electron chi connectivity index (χ1n) is 1.16. The van der Waals surface area contributed by atoms with E-state index in [1.807, 2.05) is 0 Å². The molecule has 34 valence electrons. The summed E-state index contributed by atoms with van der Waals surface area (Å²) in [5.41, 5.74) is 0. The van der Waals surface area contributed by atoms with Gasteiger partial charge in [-0.15, -0.1) is 0 Å². The minimum atomic E-state index is -2.84. The van der Waals surface area contributed by atoms with E-state index in [0.29, 0.717) is 0 Å². The van der Waals surface area contributed by atoms with Gasteiger partial charge in [-0.1, -0.05) is 6.42 Å². The Balaban J connectivity index is 2.88. The van der Waals surface area contributed by atoms with Crippen molar-refractivity contribution in [2.45, 2.75) is 6.61 Å². The number of terminal acetylenes is 1. The molecule has 3 heteroatoms. The molecule has 6 heavy (non-hydrogen) atoms. The maximum atomic E-state index is 10.7. The first kappa shape index (κ1) is 5.22. The molecule has 0 rings (SSSR count). The van der Waals surface area contributed by atoms with Crippen molar-refractivity contribution >= 4 is 0 Å². The average Bonchev–Trinajstić information content (AvgIpc) is 1.35. The lowest BCUT2D eigenvalue weighted by atomic mass is 11.2. The molecular formula is C3H2F2O. The summed E-state index contributed by atoms with van der Waals surface area (Å²) in [5, 5.41) is 0. The largest absolute Gasteiger partial charge is 0.395 e. The van der Waals surface area contributed by atoms with Crippen LogP contribution in [0.15, 0.2) is 0 Å². The number of hydrogen-bond acceptors (Lipinski definition) is 1. The second-order valence-electron chi connectivity index (χ2n) is 0.496. The van der Waals surface area contributed by atoms with E-state index in [1.54, 1.807) is 0 Å². The van der Waals surface area contributed by atoms with Crippen LogP contribution in [0.4, 0.5) is 8.78 Å². The molecule has 0 spiro atoms. The summed E-state index contributed by atoms with van der Waals surface area (Å²) in [6.45, 7) is -2.84. The predicted molar refractivity (Wildman–Crippen MR) is 15.9 cm³/mol. The SMILES string of the molecule is C#COC(F)F. The number of alkyl halides is 2. The van der Waals surface area contributed by atoms with Crippen LogP contribution in [-0.4, -0.2) is 6.61 Å². The fourth-order valence-electron chi connectivity index (χ4n) is 0.0514. The third-order valence-corrected chi connectivity index (χ3v) is 0.157. The van der Waals surface area contributed by atoms with Gasteiger partial charge in [0.25, 0.3) is 0 Å². The zero-order chi connectivity index (χ0) is 4.99. The molecule has 0 bridgehead atoms. The van der Waals surface area contributed by atoms with Crippen LogP contribution in [0.2, 0.25) is 0 Å². The summed E-state index contributed by atoms with van der Waals surface area (Å²) in [6, 6.07) is 0. The predicted octanol–water partition coefficient (Wildman–Crippen LogP) is 0.816. The van der Waals surface area contributed by atoms with Crippen molar-refractivity contribution in [3.63, 3.8) is 0 Å². The molecule has 0 aromatic rings. The zero-order valence-electron chi connectivity index (χ0n) is 2.82. The highest BCUT2D eigenvalue weighted by Gasteiger charge is 1.93. The quantitative estimate of drug-likeness (QED) is 0.435. The fourth-order valence-corrected chi connectivity index (χ4v) is 0.0514. The second kappa shape index (κ2) is 2.46. The molecule has 0 heterocycles. The molecule has 0 aromatic heterocycles. The highest BCUT2D eigenvalue weighted by atomic mass is 19.3. The van der Waals surface area contributed by atoms with E-state index < -0.39 is 6.61 Å². The van der Waals surface area contributed by atoms with Gasteiger partial charge in [0.2, 0.25) is 0 Å². The minimum absolute atomic E-state index is 1.32. The van der Waals surface area contributed by atoms with Crippen molar-refractivity contribution in [1.82, 2.24) is 0 Å². The summed E-state index contributed by atoms with van der Waals surface area (Å²) in [5.74, 6) is 0. The van der Waals surface area contributed by atoms with E-state index in [4.69, 9.17) is 0 Å². The highest BCUT2D eigenvalue weighted by Crippen LogP contribution is 1.89. The van der Waals surface area contributed by atoms with Gasteiger partial charge in [0.1, 0.15) is 6.11 Å². The Hall–Kier alpha value is -0.780. The van der Waals surface area contributed by atoms with Crippen molar-refractivity contribution in [3.05, 3.63) is 0 Å². The molecule has 0 aliphatic heterocycles. The van der Waals surface area contributed by atoms with Crippen LogP contribution >= 0.6 is 0 Å². The summed E-state index contributed by atoms with van der Waals surface area (Å²) in [7, 11) is 0. The van der Waals surface area contributed by atoms with Gasteiger partial charge in [-0.2, -0.15) is 8.78 Å². The van der Waals surface area contributed by atoms with Crippen molar-refractivity contribution in [2.75, 3.05) is 0 Å². The Morgan fingerprint density at radius 3 is 2.17 bits per heavy atom. The number of rotatable bonds is 1. The molecule has 0 aliphatic carbocycles. The van der Waals surface area contributed by atoms with E-state index in [1.165, 1.54) is 6.11 Å². The first-order chi connectivity index (χ1) is 2.77. The third kappa shape index (κ3) is 3.22. The Bertz CT molecular complexity index is 63.7. The van der Waals surface area contributed by atoms with Crippen molar-refractivity contribution in [3.8, 4) is 12.5 Å². The van der Waals surface area contributed by atoms with Crippen LogP contribution in [0.5, 0.6) is 0 Å². The molecule has 0 saturated heterocycles. The Labute approximate surface area is 33.9 Å². The van der Waals surface area contributed by atoms with Gasteiger partial charge in [-0.05, 0) is 0 Å². The molecule has 0 aromatic carbocycles. The van der Waals surface area contributed by atoms with Crippen molar-refractivity contribution < 1.29 is 13.5 Å². The molecule has 0 aliphatic rings. The first-order valence-corrected chi connectivity index (χ1v) is 1.16. The van der Waals surface area contributed by atoms with Crippen LogP contribution < -0.4 is 0 Å². The average molecular weight is 92.0 g/mol. The van der Waals surface area contributed by atoms with Gasteiger partial charge in [0.05, 0.1) is 0 Å². The molecule has 0 radical (unpaired) electrons. The van der Waals surface area contributed by atoms with Crippen LogP contribution in [0, 0.1) is 12.5 Å². The monoisotopic (exact) mass is 92.0 g/mol. The second-order valence-corrected chi connectivity index (χ2v) is 0.496. The Kier molecular flexibility index (Phi) is 2.14. The van der Waals surface area contributed by atoms with Gasteiger partial charge in [-0.25, -0.2) is 0 Å². The van der Waals surface area contributed by atoms with Gasteiger partial charge >= 0.3 is 6.61 Å². The van der Waals surface area contributed by atoms with Crippen LogP contribution in [0.3, 0.4) is 0 Å². The van der Waals surface area contributed by atoms with Crippen LogP contribution in [0.1, 0.15) is 0 Å². The van der Waals surface area contributed by atoms with E-state index >= 15 is 0 Å². The molecular weight excluding hydrogens is 90.0 g/mol. The molecule has 1 nitrogen and oxygen atoms in total. The number of halogens is 2. The topological polar surface area (TPSA) is 9.23 Å². The number of ether oxygens (including phenoxy) is 1. The molecule has 0 unspecified atom stereocenters. The van der Waals surface area contributed by atoms with Crippen LogP contribution in [-0.2, 0) is 4.74 Å². The lowest BCUT2D eigenvalue weighted by Crippen LogP contribution is -1.88. The Morgan fingerprint density at radius 1 is 1.67 bits per heavy atom. The minimum Gasteiger partial charge on any atom is -0.382 e. The molecule has 0 saturated carbocycles. The summed E-state index contributed by atoms with van der Waals surface area (Å²) in [6.07, 6.45) is 5.59. The Morgan fingerprint density at radius 2 is 2.17 bits per heavy atom. The molecule has 0 fully saturated rings. The normalized spacial score (nSPS) is 7.67.